The Morgan fingerprint density at radius 1 is 1.10 bits per heavy atom. The number of hydrogen-bond acceptors (Lipinski definition) is 7. The third-order valence-corrected chi connectivity index (χ3v) is 7.54. The summed E-state index contributed by atoms with van der Waals surface area (Å²) >= 11 is 0. The molecule has 1 atom stereocenters. The maximum Gasteiger partial charge on any atom is 0.257 e. The number of likely N-dealkylation sites (tertiary alicyclic amines) is 1. The third kappa shape index (κ3) is 5.41. The number of carbonyl (C=O) groups excluding carboxylic acids is 2. The van der Waals surface area contributed by atoms with Gasteiger partial charge in [0.15, 0.2) is 0 Å². The highest BCUT2D eigenvalue weighted by Crippen LogP contribution is 2.34. The zero-order valence-electron chi connectivity index (χ0n) is 22.2. The number of hydrogen-bond donors (Lipinski definition) is 3. The number of pyridine rings is 2. The van der Waals surface area contributed by atoms with Crippen LogP contribution >= 0.6 is 0 Å². The van der Waals surface area contributed by atoms with Crippen molar-refractivity contribution in [2.24, 2.45) is 7.05 Å². The number of aryl methyl sites for hydroxylation is 2. The van der Waals surface area contributed by atoms with Crippen molar-refractivity contribution in [2.45, 2.75) is 38.2 Å². The van der Waals surface area contributed by atoms with E-state index >= 15 is 0 Å². The van der Waals surface area contributed by atoms with Crippen LogP contribution in [0.2, 0.25) is 0 Å². The first kappa shape index (κ1) is 25.2. The smallest absolute Gasteiger partial charge is 0.257 e. The first-order valence-electron chi connectivity index (χ1n) is 13.3. The summed E-state index contributed by atoms with van der Waals surface area (Å²) in [5.41, 5.74) is 4.54. The van der Waals surface area contributed by atoms with Crippen LogP contribution < -0.4 is 10.6 Å². The summed E-state index contributed by atoms with van der Waals surface area (Å²) in [4.78, 5) is 40.2. The molecule has 2 amide bonds. The Bertz CT molecular complexity index is 1530. The number of piperidine rings is 1. The van der Waals surface area contributed by atoms with Crippen molar-refractivity contribution < 1.29 is 14.3 Å². The van der Waals surface area contributed by atoms with Crippen molar-refractivity contribution in [2.75, 3.05) is 36.9 Å². The van der Waals surface area contributed by atoms with Gasteiger partial charge in [-0.05, 0) is 57.4 Å². The number of anilines is 2. The minimum absolute atomic E-state index is 0.0833. The lowest BCUT2D eigenvalue weighted by Gasteiger charge is -2.39. The van der Waals surface area contributed by atoms with E-state index in [9.17, 15) is 9.59 Å². The van der Waals surface area contributed by atoms with Gasteiger partial charge < -0.3 is 20.4 Å². The largest absolute Gasteiger partial charge is 0.374 e. The van der Waals surface area contributed by atoms with Crippen molar-refractivity contribution >= 4 is 34.2 Å². The van der Waals surface area contributed by atoms with Gasteiger partial charge in [0, 0.05) is 43.5 Å². The number of nitrogens with one attached hydrogen (secondary N) is 3. The molecule has 2 aliphatic rings. The molecule has 4 aromatic heterocycles. The molecule has 0 radical (unpaired) electrons. The molecular weight excluding hydrogens is 496 g/mol. The molecule has 11 heteroatoms. The SMILES string of the molecule is Cc1ncc(NC(=O)CN2CCCC3(CCCO3)C2)cc1NC(=O)c1cnc2[nH]c(-c3cnn(C)c3)cc2c1. The molecule has 0 aliphatic carbocycles. The third-order valence-electron chi connectivity index (χ3n) is 7.54. The van der Waals surface area contributed by atoms with E-state index < -0.39 is 0 Å². The fourth-order valence-corrected chi connectivity index (χ4v) is 5.58. The zero-order valence-corrected chi connectivity index (χ0v) is 22.2. The van der Waals surface area contributed by atoms with Gasteiger partial charge in [0.1, 0.15) is 5.65 Å². The van der Waals surface area contributed by atoms with E-state index in [1.54, 1.807) is 29.2 Å². The number of rotatable bonds is 6. The summed E-state index contributed by atoms with van der Waals surface area (Å²) in [6, 6.07) is 5.47. The van der Waals surface area contributed by atoms with Crippen LogP contribution in [0.3, 0.4) is 0 Å². The number of aromatic amines is 1. The summed E-state index contributed by atoms with van der Waals surface area (Å²) in [7, 11) is 1.86. The van der Waals surface area contributed by atoms with Crippen molar-refractivity contribution in [3.63, 3.8) is 0 Å². The lowest BCUT2D eigenvalue weighted by atomic mass is 9.90. The molecule has 3 N–H and O–H groups in total. The number of amides is 2. The number of carbonyl (C=O) groups is 2. The second-order valence-corrected chi connectivity index (χ2v) is 10.6. The standard InChI is InChI=1S/C28H32N8O3/c1-18-23(11-22(14-29-18)32-25(37)16-36-7-3-5-28(17-36)6-4-8-39-28)34-27(38)20-9-19-10-24(33-26(19)30-12-20)21-13-31-35(2)15-21/h9-15H,3-8,16-17H2,1-2H3,(H,30,33)(H,32,37)(H,34,38). The summed E-state index contributed by atoms with van der Waals surface area (Å²) in [6.45, 7) is 4.59. The summed E-state index contributed by atoms with van der Waals surface area (Å²) in [6.07, 6.45) is 11.1. The monoisotopic (exact) mass is 528 g/mol. The predicted octanol–water partition coefficient (Wildman–Crippen LogP) is 3.50. The molecule has 0 bridgehead atoms. The normalized spacial score (nSPS) is 19.5. The molecule has 1 unspecified atom stereocenters. The van der Waals surface area contributed by atoms with Crippen LogP contribution in [0.25, 0.3) is 22.3 Å². The predicted molar refractivity (Wildman–Crippen MR) is 147 cm³/mol. The van der Waals surface area contributed by atoms with Gasteiger partial charge in [-0.15, -0.1) is 0 Å². The number of fused-ring (bicyclic) bond motifs is 1. The zero-order chi connectivity index (χ0) is 27.0. The topological polar surface area (TPSA) is 130 Å². The maximum atomic E-state index is 13.1. The summed E-state index contributed by atoms with van der Waals surface area (Å²) in [5, 5.41) is 10.9. The molecule has 2 fully saturated rings. The minimum atomic E-state index is -0.308. The Morgan fingerprint density at radius 3 is 2.77 bits per heavy atom. The molecule has 6 heterocycles. The van der Waals surface area contributed by atoms with Crippen LogP contribution in [0.4, 0.5) is 11.4 Å². The van der Waals surface area contributed by atoms with Crippen LogP contribution in [-0.2, 0) is 16.6 Å². The molecule has 0 aromatic carbocycles. The molecule has 202 valence electrons. The van der Waals surface area contributed by atoms with Gasteiger partial charge in [-0.1, -0.05) is 0 Å². The highest BCUT2D eigenvalue weighted by Gasteiger charge is 2.39. The van der Waals surface area contributed by atoms with Crippen LogP contribution in [-0.4, -0.2) is 73.3 Å². The van der Waals surface area contributed by atoms with Crippen molar-refractivity contribution in [3.8, 4) is 11.3 Å². The Labute approximate surface area is 226 Å². The van der Waals surface area contributed by atoms with Crippen LogP contribution in [0, 0.1) is 6.92 Å². The van der Waals surface area contributed by atoms with Crippen LogP contribution in [0.1, 0.15) is 41.7 Å². The van der Waals surface area contributed by atoms with Crippen molar-refractivity contribution in [3.05, 3.63) is 54.2 Å². The van der Waals surface area contributed by atoms with Crippen molar-refractivity contribution in [1.82, 2.24) is 29.6 Å². The van der Waals surface area contributed by atoms with Gasteiger partial charge in [-0.3, -0.25) is 24.2 Å². The van der Waals surface area contributed by atoms with E-state index in [4.69, 9.17) is 4.74 Å². The summed E-state index contributed by atoms with van der Waals surface area (Å²) in [5.74, 6) is -0.420. The molecule has 0 saturated carbocycles. The van der Waals surface area contributed by atoms with Crippen LogP contribution in [0.5, 0.6) is 0 Å². The van der Waals surface area contributed by atoms with E-state index in [1.165, 1.54) is 6.20 Å². The summed E-state index contributed by atoms with van der Waals surface area (Å²) < 4.78 is 7.76. The first-order valence-corrected chi connectivity index (χ1v) is 13.3. The second-order valence-electron chi connectivity index (χ2n) is 10.6. The highest BCUT2D eigenvalue weighted by atomic mass is 16.5. The van der Waals surface area contributed by atoms with Gasteiger partial charge in [-0.25, -0.2) is 4.98 Å². The maximum absolute atomic E-state index is 13.1. The molecule has 1 spiro atoms. The molecule has 2 saturated heterocycles. The van der Waals surface area contributed by atoms with E-state index in [-0.39, 0.29) is 17.4 Å². The fraction of sp³-hybridized carbons (Fsp3) is 0.393. The molecule has 39 heavy (non-hydrogen) atoms. The molecule has 11 nitrogen and oxygen atoms in total. The fourth-order valence-electron chi connectivity index (χ4n) is 5.58. The molecule has 2 aliphatic heterocycles. The Morgan fingerprint density at radius 2 is 1.97 bits per heavy atom. The lowest BCUT2D eigenvalue weighted by molar-refractivity contribution is -0.119. The number of ether oxygens (including phenoxy) is 1. The van der Waals surface area contributed by atoms with Crippen molar-refractivity contribution in [1.29, 1.82) is 0 Å². The average Bonchev–Trinajstić information content (AvgIpc) is 3.65. The van der Waals surface area contributed by atoms with E-state index in [1.807, 2.05) is 26.2 Å². The lowest BCUT2D eigenvalue weighted by Crippen LogP contribution is -2.49. The van der Waals surface area contributed by atoms with E-state index in [2.05, 4.69) is 35.6 Å². The number of aromatic nitrogens is 5. The Hall–Kier alpha value is -4.09. The highest BCUT2D eigenvalue weighted by molar-refractivity contribution is 6.06. The number of H-pyrrole nitrogens is 1. The second kappa shape index (κ2) is 10.2. The quantitative estimate of drug-likeness (QED) is 0.349. The number of nitrogens with zero attached hydrogens (tertiary/aromatic N) is 5. The average molecular weight is 529 g/mol. The van der Waals surface area contributed by atoms with Gasteiger partial charge in [0.2, 0.25) is 5.91 Å². The Kier molecular flexibility index (Phi) is 6.61. The Balaban J connectivity index is 1.11. The van der Waals surface area contributed by atoms with E-state index in [0.29, 0.717) is 34.8 Å². The first-order chi connectivity index (χ1) is 18.9. The minimum Gasteiger partial charge on any atom is -0.374 e. The van der Waals surface area contributed by atoms with Gasteiger partial charge >= 0.3 is 0 Å². The van der Waals surface area contributed by atoms with E-state index in [0.717, 1.165) is 62.0 Å². The van der Waals surface area contributed by atoms with Gasteiger partial charge in [0.05, 0.1) is 52.9 Å². The van der Waals surface area contributed by atoms with Gasteiger partial charge in [0.25, 0.3) is 5.91 Å². The van der Waals surface area contributed by atoms with Crippen LogP contribution in [0.15, 0.2) is 43.0 Å². The van der Waals surface area contributed by atoms with Gasteiger partial charge in [-0.2, -0.15) is 5.10 Å². The molecular formula is C28H32N8O3. The molecule has 4 aromatic rings. The molecule has 6 rings (SSSR count).